The molecule has 0 spiro atoms. The van der Waals surface area contributed by atoms with Crippen molar-refractivity contribution in [3.63, 3.8) is 0 Å². The summed E-state index contributed by atoms with van der Waals surface area (Å²) in [5, 5.41) is 0. The Balaban J connectivity index is 1.69. The zero-order valence-corrected chi connectivity index (χ0v) is 12.2. The second-order valence-electron chi connectivity index (χ2n) is 5.18. The lowest BCUT2D eigenvalue weighted by molar-refractivity contribution is 0.413. The van der Waals surface area contributed by atoms with Gasteiger partial charge in [-0.15, -0.1) is 0 Å². The molecule has 2 heteroatoms. The fraction of sp³-hybridized carbons (Fsp3) is 0.333. The molecule has 0 heterocycles. The van der Waals surface area contributed by atoms with Gasteiger partial charge >= 0.3 is 0 Å². The second-order valence-corrected chi connectivity index (χ2v) is 5.18. The molecule has 0 aliphatic heterocycles. The highest BCUT2D eigenvalue weighted by Gasteiger charge is 2.06. The number of hydrazine groups is 1. The molecule has 2 nitrogen and oxygen atoms in total. The summed E-state index contributed by atoms with van der Waals surface area (Å²) < 4.78 is 0. The first-order valence-electron chi connectivity index (χ1n) is 7.42. The van der Waals surface area contributed by atoms with E-state index in [4.69, 9.17) is 0 Å². The largest absolute Gasteiger partial charge is 0.257 e. The predicted octanol–water partition coefficient (Wildman–Crippen LogP) is 3.55. The van der Waals surface area contributed by atoms with Crippen LogP contribution in [0.15, 0.2) is 60.7 Å². The molecule has 0 aliphatic rings. The molecule has 2 aromatic rings. The van der Waals surface area contributed by atoms with E-state index in [1.807, 2.05) is 6.07 Å². The minimum absolute atomic E-state index is 0.667. The van der Waals surface area contributed by atoms with Crippen LogP contribution in [-0.4, -0.2) is 6.54 Å². The first-order valence-corrected chi connectivity index (χ1v) is 7.42. The summed E-state index contributed by atoms with van der Waals surface area (Å²) in [5.74, 6) is 0.667. The molecule has 0 amide bonds. The van der Waals surface area contributed by atoms with Crippen LogP contribution in [0.4, 0.5) is 0 Å². The van der Waals surface area contributed by atoms with E-state index in [1.54, 1.807) is 0 Å². The topological polar surface area (TPSA) is 24.1 Å². The van der Waals surface area contributed by atoms with Crippen molar-refractivity contribution >= 4 is 0 Å². The Labute approximate surface area is 122 Å². The molecule has 0 aliphatic carbocycles. The maximum absolute atomic E-state index is 3.36. The zero-order chi connectivity index (χ0) is 14.0. The number of rotatable bonds is 8. The normalized spacial score (nSPS) is 12.2. The molecule has 0 radical (unpaired) electrons. The van der Waals surface area contributed by atoms with Crippen LogP contribution in [-0.2, 0) is 13.0 Å². The van der Waals surface area contributed by atoms with E-state index in [0.29, 0.717) is 5.92 Å². The van der Waals surface area contributed by atoms with Crippen LogP contribution in [0, 0.1) is 5.92 Å². The van der Waals surface area contributed by atoms with Crippen molar-refractivity contribution in [2.45, 2.75) is 26.3 Å². The first-order chi connectivity index (χ1) is 9.88. The molecule has 0 aromatic heterocycles. The Hall–Kier alpha value is -1.64. The Morgan fingerprint density at radius 1 is 0.800 bits per heavy atom. The average molecular weight is 268 g/mol. The van der Waals surface area contributed by atoms with Crippen LogP contribution < -0.4 is 10.9 Å². The molecule has 0 fully saturated rings. The summed E-state index contributed by atoms with van der Waals surface area (Å²) in [7, 11) is 0. The third-order valence-corrected chi connectivity index (χ3v) is 3.60. The molecule has 1 atom stereocenters. The molecule has 2 rings (SSSR count). The Kier molecular flexibility index (Phi) is 6.28. The van der Waals surface area contributed by atoms with Gasteiger partial charge in [-0.05, 0) is 23.5 Å². The van der Waals surface area contributed by atoms with Gasteiger partial charge in [-0.25, -0.2) is 0 Å². The van der Waals surface area contributed by atoms with Crippen molar-refractivity contribution in [3.8, 4) is 0 Å². The Morgan fingerprint density at radius 3 is 2.00 bits per heavy atom. The van der Waals surface area contributed by atoms with E-state index in [2.05, 4.69) is 72.4 Å². The van der Waals surface area contributed by atoms with E-state index in [0.717, 1.165) is 19.5 Å². The molecule has 0 saturated heterocycles. The second kappa shape index (κ2) is 8.51. The number of nitrogens with one attached hydrogen (secondary N) is 2. The fourth-order valence-corrected chi connectivity index (χ4v) is 2.29. The van der Waals surface area contributed by atoms with Gasteiger partial charge < -0.3 is 0 Å². The molecule has 2 aromatic carbocycles. The minimum Gasteiger partial charge on any atom is -0.257 e. The van der Waals surface area contributed by atoms with Gasteiger partial charge in [0, 0.05) is 13.1 Å². The van der Waals surface area contributed by atoms with Gasteiger partial charge in [0.1, 0.15) is 0 Å². The summed E-state index contributed by atoms with van der Waals surface area (Å²) in [6, 6.07) is 21.2. The Morgan fingerprint density at radius 2 is 1.40 bits per heavy atom. The number of hydrogen-bond acceptors (Lipinski definition) is 2. The average Bonchev–Trinajstić information content (AvgIpc) is 2.52. The third kappa shape index (κ3) is 5.16. The quantitative estimate of drug-likeness (QED) is 0.565. The molecule has 2 N–H and O–H groups in total. The van der Waals surface area contributed by atoms with Crippen molar-refractivity contribution in [1.29, 1.82) is 0 Å². The van der Waals surface area contributed by atoms with Crippen LogP contribution in [0.3, 0.4) is 0 Å². The van der Waals surface area contributed by atoms with Crippen molar-refractivity contribution in [2.75, 3.05) is 6.54 Å². The highest BCUT2D eigenvalue weighted by molar-refractivity contribution is 5.15. The standard InChI is InChI=1S/C18H24N2/c1-2-16(13-17-9-5-3-6-10-17)14-19-20-15-18-11-7-4-8-12-18/h3-12,16,19-20H,2,13-15H2,1H3. The maximum Gasteiger partial charge on any atom is 0.0351 e. The third-order valence-electron chi connectivity index (χ3n) is 3.60. The molecular formula is C18H24N2. The summed E-state index contributed by atoms with van der Waals surface area (Å²) in [6.07, 6.45) is 2.33. The molecule has 0 saturated carbocycles. The maximum atomic E-state index is 3.36. The molecule has 0 bridgehead atoms. The lowest BCUT2D eigenvalue weighted by Gasteiger charge is -2.16. The van der Waals surface area contributed by atoms with Gasteiger partial charge in [0.25, 0.3) is 0 Å². The number of benzene rings is 2. The van der Waals surface area contributed by atoms with Crippen LogP contribution in [0.1, 0.15) is 24.5 Å². The van der Waals surface area contributed by atoms with Crippen molar-refractivity contribution < 1.29 is 0 Å². The van der Waals surface area contributed by atoms with Crippen LogP contribution in [0.25, 0.3) is 0 Å². The van der Waals surface area contributed by atoms with Crippen molar-refractivity contribution in [1.82, 2.24) is 10.9 Å². The summed E-state index contributed by atoms with van der Waals surface area (Å²) >= 11 is 0. The zero-order valence-electron chi connectivity index (χ0n) is 12.2. The van der Waals surface area contributed by atoms with Gasteiger partial charge in [-0.2, -0.15) is 0 Å². The van der Waals surface area contributed by atoms with Gasteiger partial charge in [-0.1, -0.05) is 74.0 Å². The molecule has 106 valence electrons. The highest BCUT2D eigenvalue weighted by atomic mass is 15.3. The van der Waals surface area contributed by atoms with E-state index in [-0.39, 0.29) is 0 Å². The van der Waals surface area contributed by atoms with Crippen LogP contribution >= 0.6 is 0 Å². The van der Waals surface area contributed by atoms with Gasteiger partial charge in [0.2, 0.25) is 0 Å². The van der Waals surface area contributed by atoms with Crippen LogP contribution in [0.2, 0.25) is 0 Å². The van der Waals surface area contributed by atoms with Gasteiger partial charge in [0.15, 0.2) is 0 Å². The molecule has 20 heavy (non-hydrogen) atoms. The van der Waals surface area contributed by atoms with Crippen molar-refractivity contribution in [2.24, 2.45) is 5.92 Å². The lowest BCUT2D eigenvalue weighted by atomic mass is 9.97. The van der Waals surface area contributed by atoms with Crippen molar-refractivity contribution in [3.05, 3.63) is 71.8 Å². The molecule has 1 unspecified atom stereocenters. The smallest absolute Gasteiger partial charge is 0.0351 e. The fourth-order valence-electron chi connectivity index (χ4n) is 2.29. The highest BCUT2D eigenvalue weighted by Crippen LogP contribution is 2.10. The van der Waals surface area contributed by atoms with Crippen LogP contribution in [0.5, 0.6) is 0 Å². The monoisotopic (exact) mass is 268 g/mol. The Bertz CT molecular complexity index is 467. The first kappa shape index (κ1) is 14.8. The summed E-state index contributed by atoms with van der Waals surface area (Å²) in [5.41, 5.74) is 9.38. The number of hydrogen-bond donors (Lipinski definition) is 2. The predicted molar refractivity (Wildman–Crippen MR) is 85.2 cm³/mol. The lowest BCUT2D eigenvalue weighted by Crippen LogP contribution is -2.35. The van der Waals surface area contributed by atoms with E-state index >= 15 is 0 Å². The van der Waals surface area contributed by atoms with Gasteiger partial charge in [0.05, 0.1) is 0 Å². The summed E-state index contributed by atoms with van der Waals surface area (Å²) in [4.78, 5) is 0. The van der Waals surface area contributed by atoms with E-state index in [9.17, 15) is 0 Å². The van der Waals surface area contributed by atoms with E-state index in [1.165, 1.54) is 17.5 Å². The molecular weight excluding hydrogens is 244 g/mol. The summed E-state index contributed by atoms with van der Waals surface area (Å²) in [6.45, 7) is 4.12. The SMILES string of the molecule is CCC(CNNCc1ccccc1)Cc1ccccc1. The minimum atomic E-state index is 0.667. The van der Waals surface area contributed by atoms with E-state index < -0.39 is 0 Å². The van der Waals surface area contributed by atoms with Gasteiger partial charge in [-0.3, -0.25) is 10.9 Å².